The van der Waals surface area contributed by atoms with Crippen LogP contribution >= 0.6 is 11.6 Å². The standard InChI is InChI=1S/C22H24ClF2N3O2/c1-4-22(3,26)9-8-17(29)19-20(23)27-21-18(10-13(2)11-28(19)21)30-12-14-15(24)6-5-7-16(14)25/h5-7,10-11H,4,8-9,12,26H2,1-3H3. The third-order valence-electron chi connectivity index (χ3n) is 5.21. The van der Waals surface area contributed by atoms with E-state index in [4.69, 9.17) is 22.1 Å². The van der Waals surface area contributed by atoms with Crippen LogP contribution in [0.2, 0.25) is 5.15 Å². The van der Waals surface area contributed by atoms with Crippen LogP contribution in [-0.2, 0) is 6.61 Å². The Morgan fingerprint density at radius 3 is 2.63 bits per heavy atom. The molecular weight excluding hydrogens is 412 g/mol. The van der Waals surface area contributed by atoms with E-state index in [0.29, 0.717) is 12.1 Å². The number of fused-ring (bicyclic) bond motifs is 1. The largest absolute Gasteiger partial charge is 0.485 e. The van der Waals surface area contributed by atoms with Gasteiger partial charge in [0, 0.05) is 18.2 Å². The van der Waals surface area contributed by atoms with Crippen molar-refractivity contribution in [2.24, 2.45) is 5.73 Å². The fraction of sp³-hybridized carbons (Fsp3) is 0.364. The number of nitrogens with zero attached hydrogens (tertiary/aromatic N) is 2. The minimum Gasteiger partial charge on any atom is -0.485 e. The third kappa shape index (κ3) is 4.63. The van der Waals surface area contributed by atoms with Crippen molar-refractivity contribution in [3.8, 4) is 5.75 Å². The van der Waals surface area contributed by atoms with Crippen LogP contribution < -0.4 is 10.5 Å². The summed E-state index contributed by atoms with van der Waals surface area (Å²) < 4.78 is 35.1. The zero-order valence-corrected chi connectivity index (χ0v) is 17.9. The topological polar surface area (TPSA) is 69.6 Å². The van der Waals surface area contributed by atoms with Gasteiger partial charge in [0.1, 0.15) is 23.9 Å². The molecule has 0 bridgehead atoms. The van der Waals surface area contributed by atoms with E-state index in [0.717, 1.165) is 24.1 Å². The Kier molecular flexibility index (Phi) is 6.43. The number of nitrogens with two attached hydrogens (primary N) is 1. The molecule has 0 saturated heterocycles. The van der Waals surface area contributed by atoms with Gasteiger partial charge in [-0.15, -0.1) is 0 Å². The summed E-state index contributed by atoms with van der Waals surface area (Å²) in [7, 11) is 0. The van der Waals surface area contributed by atoms with Crippen LogP contribution in [0.5, 0.6) is 5.75 Å². The minimum absolute atomic E-state index is 0.0442. The molecule has 0 spiro atoms. The lowest BCUT2D eigenvalue weighted by atomic mass is 9.92. The number of hydrogen-bond donors (Lipinski definition) is 1. The first-order valence-electron chi connectivity index (χ1n) is 9.69. The Bertz CT molecular complexity index is 1080. The number of benzene rings is 1. The Hall–Kier alpha value is -2.51. The quantitative estimate of drug-likeness (QED) is 0.491. The van der Waals surface area contributed by atoms with Crippen LogP contribution in [0, 0.1) is 18.6 Å². The Morgan fingerprint density at radius 2 is 2.00 bits per heavy atom. The lowest BCUT2D eigenvalue weighted by Gasteiger charge is -2.21. The van der Waals surface area contributed by atoms with Gasteiger partial charge in [-0.2, -0.15) is 0 Å². The molecule has 1 atom stereocenters. The van der Waals surface area contributed by atoms with Gasteiger partial charge < -0.3 is 10.5 Å². The molecule has 2 heterocycles. The number of hydrogen-bond acceptors (Lipinski definition) is 4. The Balaban J connectivity index is 1.93. The van der Waals surface area contributed by atoms with Crippen molar-refractivity contribution in [2.45, 2.75) is 52.2 Å². The van der Waals surface area contributed by atoms with E-state index in [9.17, 15) is 13.6 Å². The SMILES string of the molecule is CCC(C)(N)CCC(=O)c1c(Cl)nc2c(OCc3c(F)cccc3F)cc(C)cn12. The highest BCUT2D eigenvalue weighted by atomic mass is 35.5. The number of aryl methyl sites for hydroxylation is 1. The van der Waals surface area contributed by atoms with E-state index in [2.05, 4.69) is 4.98 Å². The molecule has 0 aliphatic carbocycles. The average Bonchev–Trinajstić information content (AvgIpc) is 3.01. The summed E-state index contributed by atoms with van der Waals surface area (Å²) in [6.07, 6.45) is 3.19. The summed E-state index contributed by atoms with van der Waals surface area (Å²) in [6, 6.07) is 5.30. The molecule has 0 aliphatic heterocycles. The highest BCUT2D eigenvalue weighted by Crippen LogP contribution is 2.29. The first-order valence-corrected chi connectivity index (χ1v) is 10.1. The molecule has 1 unspecified atom stereocenters. The van der Waals surface area contributed by atoms with Crippen molar-refractivity contribution in [2.75, 3.05) is 0 Å². The maximum Gasteiger partial charge on any atom is 0.182 e. The predicted molar refractivity (Wildman–Crippen MR) is 112 cm³/mol. The first-order chi connectivity index (χ1) is 14.1. The number of ether oxygens (including phenoxy) is 1. The number of ketones is 1. The molecule has 3 aromatic rings. The second-order valence-electron chi connectivity index (χ2n) is 7.75. The van der Waals surface area contributed by atoms with Gasteiger partial charge >= 0.3 is 0 Å². The van der Waals surface area contributed by atoms with Gasteiger partial charge in [-0.05, 0) is 50.5 Å². The van der Waals surface area contributed by atoms with Crippen LogP contribution in [0.3, 0.4) is 0 Å². The fourth-order valence-corrected chi connectivity index (χ4v) is 3.36. The Morgan fingerprint density at radius 1 is 1.33 bits per heavy atom. The number of carbonyl (C=O) groups is 1. The number of halogens is 3. The molecule has 0 saturated carbocycles. The van der Waals surface area contributed by atoms with Crippen LogP contribution in [0.15, 0.2) is 30.5 Å². The van der Waals surface area contributed by atoms with Crippen LogP contribution in [0.4, 0.5) is 8.78 Å². The molecule has 5 nitrogen and oxygen atoms in total. The van der Waals surface area contributed by atoms with E-state index in [1.807, 2.05) is 20.8 Å². The van der Waals surface area contributed by atoms with E-state index in [-0.39, 0.29) is 41.0 Å². The van der Waals surface area contributed by atoms with Gasteiger partial charge in [0.25, 0.3) is 0 Å². The van der Waals surface area contributed by atoms with Gasteiger partial charge in [-0.25, -0.2) is 13.8 Å². The number of carbonyl (C=O) groups excluding carboxylic acids is 1. The van der Waals surface area contributed by atoms with Crippen LogP contribution in [-0.4, -0.2) is 20.7 Å². The molecule has 2 N–H and O–H groups in total. The normalized spacial score (nSPS) is 13.4. The van der Waals surface area contributed by atoms with Gasteiger partial charge in [-0.1, -0.05) is 24.6 Å². The molecule has 3 rings (SSSR count). The van der Waals surface area contributed by atoms with Crippen LogP contribution in [0.1, 0.15) is 54.7 Å². The highest BCUT2D eigenvalue weighted by molar-refractivity contribution is 6.33. The smallest absolute Gasteiger partial charge is 0.182 e. The van der Waals surface area contributed by atoms with E-state index >= 15 is 0 Å². The first kappa shape index (κ1) is 22.2. The van der Waals surface area contributed by atoms with Crippen molar-refractivity contribution in [1.82, 2.24) is 9.38 Å². The summed E-state index contributed by atoms with van der Waals surface area (Å²) in [6.45, 7) is 5.35. The number of imidazole rings is 1. The highest BCUT2D eigenvalue weighted by Gasteiger charge is 2.24. The summed E-state index contributed by atoms with van der Waals surface area (Å²) in [5.74, 6) is -1.31. The molecule has 30 heavy (non-hydrogen) atoms. The van der Waals surface area contributed by atoms with E-state index in [1.54, 1.807) is 16.7 Å². The average molecular weight is 436 g/mol. The van der Waals surface area contributed by atoms with Crippen molar-refractivity contribution in [1.29, 1.82) is 0 Å². The molecule has 160 valence electrons. The summed E-state index contributed by atoms with van der Waals surface area (Å²) >= 11 is 6.28. The third-order valence-corrected chi connectivity index (χ3v) is 5.47. The summed E-state index contributed by atoms with van der Waals surface area (Å²) in [5, 5.41) is 0.0442. The predicted octanol–water partition coefficient (Wildman–Crippen LogP) is 5.24. The second kappa shape index (κ2) is 8.70. The molecular formula is C22H24ClF2N3O2. The van der Waals surface area contributed by atoms with Gasteiger partial charge in [0.05, 0.1) is 5.56 Å². The molecule has 0 fully saturated rings. The molecule has 0 aliphatic rings. The fourth-order valence-electron chi connectivity index (χ4n) is 3.09. The number of Topliss-reactive ketones (excluding diaryl/α,β-unsaturated/α-hetero) is 1. The second-order valence-corrected chi connectivity index (χ2v) is 8.10. The molecule has 2 aromatic heterocycles. The van der Waals surface area contributed by atoms with Gasteiger partial charge in [0.15, 0.2) is 22.3 Å². The van der Waals surface area contributed by atoms with E-state index in [1.165, 1.54) is 6.07 Å². The van der Waals surface area contributed by atoms with Crippen molar-refractivity contribution < 1.29 is 18.3 Å². The lowest BCUT2D eigenvalue weighted by Crippen LogP contribution is -2.35. The van der Waals surface area contributed by atoms with Crippen molar-refractivity contribution in [3.63, 3.8) is 0 Å². The maximum atomic E-state index is 13.9. The zero-order chi connectivity index (χ0) is 22.1. The molecule has 0 radical (unpaired) electrons. The Labute approximate surface area is 178 Å². The molecule has 1 aromatic carbocycles. The van der Waals surface area contributed by atoms with Crippen LogP contribution in [0.25, 0.3) is 5.65 Å². The van der Waals surface area contributed by atoms with Gasteiger partial charge in [-0.3, -0.25) is 9.20 Å². The maximum absolute atomic E-state index is 13.9. The van der Waals surface area contributed by atoms with Crippen molar-refractivity contribution in [3.05, 3.63) is 64.1 Å². The molecule has 8 heteroatoms. The summed E-state index contributed by atoms with van der Waals surface area (Å²) in [5.41, 5.74) is 6.82. The van der Waals surface area contributed by atoms with Gasteiger partial charge in [0.2, 0.25) is 0 Å². The van der Waals surface area contributed by atoms with Crippen molar-refractivity contribution >= 4 is 23.0 Å². The zero-order valence-electron chi connectivity index (χ0n) is 17.1. The minimum atomic E-state index is -0.698. The monoisotopic (exact) mass is 435 g/mol. The lowest BCUT2D eigenvalue weighted by molar-refractivity contribution is 0.0965. The number of rotatable bonds is 8. The molecule has 0 amide bonds. The van der Waals surface area contributed by atoms with E-state index < -0.39 is 17.2 Å². The number of pyridine rings is 1. The number of aromatic nitrogens is 2. The summed E-state index contributed by atoms with van der Waals surface area (Å²) in [4.78, 5) is 17.1.